The number of carbonyl (C=O) groups is 1. The first-order chi connectivity index (χ1) is 7.77. The number of carbonyl (C=O) groups excluding carboxylic acids is 1. The van der Waals surface area contributed by atoms with Crippen molar-refractivity contribution in [1.29, 1.82) is 5.26 Å². The van der Waals surface area contributed by atoms with Gasteiger partial charge in [-0.3, -0.25) is 4.79 Å². The van der Waals surface area contributed by atoms with Gasteiger partial charge in [0.05, 0.1) is 17.2 Å². The van der Waals surface area contributed by atoms with Gasteiger partial charge in [-0.1, -0.05) is 6.07 Å². The van der Waals surface area contributed by atoms with Gasteiger partial charge in [-0.05, 0) is 24.6 Å². The van der Waals surface area contributed by atoms with Gasteiger partial charge in [0.2, 0.25) is 0 Å². The van der Waals surface area contributed by atoms with Crippen LogP contribution < -0.4 is 0 Å². The van der Waals surface area contributed by atoms with E-state index in [-0.39, 0.29) is 11.1 Å². The van der Waals surface area contributed by atoms with Crippen LogP contribution in [0.5, 0.6) is 0 Å². The van der Waals surface area contributed by atoms with Gasteiger partial charge in [-0.15, -0.1) is 11.6 Å². The Morgan fingerprint density at radius 1 is 1.47 bits per heavy atom. The first kappa shape index (κ1) is 13.5. The fourth-order valence-electron chi connectivity index (χ4n) is 1.27. The molecule has 90 valence electrons. The minimum absolute atomic E-state index is 0.0923. The molecule has 1 unspecified atom stereocenters. The summed E-state index contributed by atoms with van der Waals surface area (Å²) in [5, 5.41) is 7.65. The van der Waals surface area contributed by atoms with E-state index < -0.39 is 22.9 Å². The second kappa shape index (κ2) is 4.76. The number of nitriles is 1. The third-order valence-corrected chi connectivity index (χ3v) is 2.67. The molecule has 0 amide bonds. The molecule has 1 aromatic rings. The molecule has 0 aliphatic carbocycles. The van der Waals surface area contributed by atoms with E-state index in [1.54, 1.807) is 6.07 Å². The van der Waals surface area contributed by atoms with Crippen molar-refractivity contribution in [2.75, 3.05) is 0 Å². The highest BCUT2D eigenvalue weighted by atomic mass is 35.5. The summed E-state index contributed by atoms with van der Waals surface area (Å²) in [4.78, 5) is 11.0. The summed E-state index contributed by atoms with van der Waals surface area (Å²) in [5.74, 6) is -0.428. The van der Waals surface area contributed by atoms with Gasteiger partial charge in [0.1, 0.15) is 5.38 Å². The number of ketones is 1. The predicted molar refractivity (Wildman–Crippen MR) is 55.4 cm³/mol. The van der Waals surface area contributed by atoms with E-state index in [1.165, 1.54) is 6.92 Å². The standard InChI is InChI=1S/C11H7ClF3NO/c1-6(17)10(12)9-3-2-8(11(13,14)15)4-7(9)5-16/h2-4,10H,1H3. The molecule has 1 atom stereocenters. The van der Waals surface area contributed by atoms with Gasteiger partial charge >= 0.3 is 6.18 Å². The summed E-state index contributed by atoms with van der Waals surface area (Å²) in [7, 11) is 0. The first-order valence-electron chi connectivity index (χ1n) is 4.53. The number of nitrogens with zero attached hydrogens (tertiary/aromatic N) is 1. The molecule has 0 heterocycles. The molecule has 2 nitrogen and oxygen atoms in total. The normalized spacial score (nSPS) is 12.9. The maximum Gasteiger partial charge on any atom is 0.416 e. The van der Waals surface area contributed by atoms with Crippen molar-refractivity contribution in [1.82, 2.24) is 0 Å². The molecule has 0 spiro atoms. The zero-order valence-electron chi connectivity index (χ0n) is 8.68. The van der Waals surface area contributed by atoms with E-state index in [0.717, 1.165) is 12.1 Å². The topological polar surface area (TPSA) is 40.9 Å². The average Bonchev–Trinajstić information content (AvgIpc) is 2.25. The second-order valence-corrected chi connectivity index (χ2v) is 3.82. The zero-order chi connectivity index (χ0) is 13.2. The van der Waals surface area contributed by atoms with Crippen LogP contribution >= 0.6 is 11.6 Å². The number of hydrogen-bond donors (Lipinski definition) is 0. The highest BCUT2D eigenvalue weighted by Gasteiger charge is 2.31. The van der Waals surface area contributed by atoms with E-state index >= 15 is 0 Å². The lowest BCUT2D eigenvalue weighted by Crippen LogP contribution is -2.09. The van der Waals surface area contributed by atoms with E-state index in [9.17, 15) is 18.0 Å². The van der Waals surface area contributed by atoms with E-state index in [0.29, 0.717) is 6.07 Å². The number of Topliss-reactive ketones (excluding diaryl/α,β-unsaturated/α-hetero) is 1. The number of halogens is 4. The molecule has 1 aromatic carbocycles. The van der Waals surface area contributed by atoms with Crippen molar-refractivity contribution in [2.24, 2.45) is 0 Å². The van der Waals surface area contributed by atoms with Crippen LogP contribution in [0.15, 0.2) is 18.2 Å². The molecule has 0 bridgehead atoms. The summed E-state index contributed by atoms with van der Waals surface area (Å²) in [6.45, 7) is 1.20. The van der Waals surface area contributed by atoms with E-state index in [1.807, 2.05) is 0 Å². The van der Waals surface area contributed by atoms with Crippen LogP contribution in [-0.4, -0.2) is 5.78 Å². The molecule has 17 heavy (non-hydrogen) atoms. The highest BCUT2D eigenvalue weighted by molar-refractivity contribution is 6.31. The average molecular weight is 262 g/mol. The monoisotopic (exact) mass is 261 g/mol. The van der Waals surface area contributed by atoms with Crippen LogP contribution in [0.1, 0.15) is 29.0 Å². The third-order valence-electron chi connectivity index (χ3n) is 2.13. The lowest BCUT2D eigenvalue weighted by molar-refractivity contribution is -0.137. The molecule has 6 heteroatoms. The molecule has 0 saturated carbocycles. The van der Waals surface area contributed by atoms with Crippen molar-refractivity contribution in [2.45, 2.75) is 18.5 Å². The lowest BCUT2D eigenvalue weighted by Gasteiger charge is -2.11. The van der Waals surface area contributed by atoms with Crippen LogP contribution in [0, 0.1) is 11.3 Å². The molecule has 0 aliphatic rings. The van der Waals surface area contributed by atoms with Crippen molar-refractivity contribution in [3.05, 3.63) is 34.9 Å². The maximum absolute atomic E-state index is 12.4. The predicted octanol–water partition coefficient (Wildman–Crippen LogP) is 3.45. The van der Waals surface area contributed by atoms with Crippen molar-refractivity contribution < 1.29 is 18.0 Å². The maximum atomic E-state index is 12.4. The Labute approximate surface area is 101 Å². The fourth-order valence-corrected chi connectivity index (χ4v) is 1.46. The molecular formula is C11H7ClF3NO. The van der Waals surface area contributed by atoms with Gasteiger partial charge < -0.3 is 0 Å². The van der Waals surface area contributed by atoms with Crippen molar-refractivity contribution in [3.63, 3.8) is 0 Å². The van der Waals surface area contributed by atoms with Gasteiger partial charge in [0.25, 0.3) is 0 Å². The Morgan fingerprint density at radius 2 is 2.06 bits per heavy atom. The zero-order valence-corrected chi connectivity index (χ0v) is 9.43. The number of rotatable bonds is 2. The number of benzene rings is 1. The van der Waals surface area contributed by atoms with Crippen LogP contribution in [0.3, 0.4) is 0 Å². The van der Waals surface area contributed by atoms with Crippen molar-refractivity contribution >= 4 is 17.4 Å². The fraction of sp³-hybridized carbons (Fsp3) is 0.273. The molecule has 0 radical (unpaired) electrons. The van der Waals surface area contributed by atoms with Gasteiger partial charge in [0.15, 0.2) is 5.78 Å². The van der Waals surface area contributed by atoms with Crippen molar-refractivity contribution in [3.8, 4) is 6.07 Å². The van der Waals surface area contributed by atoms with Crippen LogP contribution in [0.25, 0.3) is 0 Å². The van der Waals surface area contributed by atoms with E-state index in [2.05, 4.69) is 0 Å². The molecule has 0 aromatic heterocycles. The SMILES string of the molecule is CC(=O)C(Cl)c1ccc(C(F)(F)F)cc1C#N. The molecule has 0 saturated heterocycles. The Balaban J connectivity index is 3.30. The van der Waals surface area contributed by atoms with Crippen LogP contribution in [0.4, 0.5) is 13.2 Å². The first-order valence-corrected chi connectivity index (χ1v) is 4.96. The molecule has 0 aliphatic heterocycles. The minimum Gasteiger partial charge on any atom is -0.298 e. The summed E-state index contributed by atoms with van der Waals surface area (Å²) in [5.41, 5.74) is -1.09. The Hall–Kier alpha value is -1.54. The van der Waals surface area contributed by atoms with Gasteiger partial charge in [-0.2, -0.15) is 18.4 Å². The van der Waals surface area contributed by atoms with Crippen LogP contribution in [-0.2, 0) is 11.0 Å². The Morgan fingerprint density at radius 3 is 2.47 bits per heavy atom. The molecular weight excluding hydrogens is 255 g/mol. The molecule has 1 rings (SSSR count). The highest BCUT2D eigenvalue weighted by Crippen LogP contribution is 2.33. The summed E-state index contributed by atoms with van der Waals surface area (Å²) in [6.07, 6.45) is -4.53. The van der Waals surface area contributed by atoms with E-state index in [4.69, 9.17) is 16.9 Å². The second-order valence-electron chi connectivity index (χ2n) is 3.38. The largest absolute Gasteiger partial charge is 0.416 e. The quantitative estimate of drug-likeness (QED) is 0.765. The van der Waals surface area contributed by atoms with Crippen LogP contribution in [0.2, 0.25) is 0 Å². The smallest absolute Gasteiger partial charge is 0.298 e. The summed E-state index contributed by atoms with van der Waals surface area (Å²) < 4.78 is 37.2. The number of alkyl halides is 4. The Kier molecular flexibility index (Phi) is 3.79. The minimum atomic E-state index is -4.53. The molecule has 0 fully saturated rings. The summed E-state index contributed by atoms with van der Waals surface area (Å²) in [6, 6.07) is 4.15. The summed E-state index contributed by atoms with van der Waals surface area (Å²) >= 11 is 5.71. The molecule has 0 N–H and O–H groups in total. The van der Waals surface area contributed by atoms with Gasteiger partial charge in [-0.25, -0.2) is 0 Å². The lowest BCUT2D eigenvalue weighted by atomic mass is 10.00. The van der Waals surface area contributed by atoms with Gasteiger partial charge in [0, 0.05) is 0 Å². The number of hydrogen-bond acceptors (Lipinski definition) is 2. The third kappa shape index (κ3) is 2.98. The Bertz CT molecular complexity index is 490.